The SMILES string of the molecule is COc1ccc(-c2cc(N(C)c3nc(Cl)nc4cc(OC)c(OC)cc34)on2)cc1. The maximum Gasteiger partial charge on any atom is 0.233 e. The van der Waals surface area contributed by atoms with Crippen LogP contribution in [0, 0.1) is 0 Å². The Balaban J connectivity index is 1.75. The minimum absolute atomic E-state index is 0.103. The molecule has 2 heterocycles. The van der Waals surface area contributed by atoms with Crippen LogP contribution >= 0.6 is 11.6 Å². The average Bonchev–Trinajstić information content (AvgIpc) is 3.27. The first kappa shape index (κ1) is 19.8. The number of methoxy groups -OCH3 is 3. The van der Waals surface area contributed by atoms with E-state index in [-0.39, 0.29) is 5.28 Å². The molecule has 154 valence electrons. The van der Waals surface area contributed by atoms with Crippen molar-refractivity contribution in [3.8, 4) is 28.5 Å². The van der Waals surface area contributed by atoms with Gasteiger partial charge in [-0.15, -0.1) is 0 Å². The zero-order chi connectivity index (χ0) is 21.3. The highest BCUT2D eigenvalue weighted by atomic mass is 35.5. The van der Waals surface area contributed by atoms with E-state index in [4.69, 9.17) is 30.3 Å². The zero-order valence-electron chi connectivity index (χ0n) is 16.8. The van der Waals surface area contributed by atoms with Gasteiger partial charge < -0.3 is 18.7 Å². The van der Waals surface area contributed by atoms with E-state index in [1.165, 1.54) is 0 Å². The van der Waals surface area contributed by atoms with Crippen LogP contribution in [0.1, 0.15) is 0 Å². The summed E-state index contributed by atoms with van der Waals surface area (Å²) in [6, 6.07) is 12.9. The predicted octanol–water partition coefficient (Wildman–Crippen LogP) is 4.73. The zero-order valence-corrected chi connectivity index (χ0v) is 17.6. The number of hydrogen-bond donors (Lipinski definition) is 0. The maximum atomic E-state index is 6.18. The summed E-state index contributed by atoms with van der Waals surface area (Å²) in [7, 11) is 6.57. The maximum absolute atomic E-state index is 6.18. The molecule has 0 saturated carbocycles. The van der Waals surface area contributed by atoms with Gasteiger partial charge in [-0.25, -0.2) is 4.98 Å². The topological polar surface area (TPSA) is 82.7 Å². The van der Waals surface area contributed by atoms with Crippen LogP contribution in [-0.2, 0) is 0 Å². The second-order valence-corrected chi connectivity index (χ2v) is 6.72. The first-order chi connectivity index (χ1) is 14.5. The Morgan fingerprint density at radius 3 is 2.27 bits per heavy atom. The van der Waals surface area contributed by atoms with Crippen molar-refractivity contribution in [3.63, 3.8) is 0 Å². The molecule has 4 aromatic rings. The van der Waals surface area contributed by atoms with E-state index in [0.717, 1.165) is 16.7 Å². The van der Waals surface area contributed by atoms with Gasteiger partial charge in [-0.3, -0.25) is 4.90 Å². The minimum atomic E-state index is 0.103. The number of anilines is 2. The second-order valence-electron chi connectivity index (χ2n) is 6.38. The summed E-state index contributed by atoms with van der Waals surface area (Å²) in [6.07, 6.45) is 0. The third-order valence-electron chi connectivity index (χ3n) is 4.69. The molecule has 0 aliphatic heterocycles. The van der Waals surface area contributed by atoms with Gasteiger partial charge in [0.15, 0.2) is 11.5 Å². The van der Waals surface area contributed by atoms with E-state index in [9.17, 15) is 0 Å². The molecule has 0 spiro atoms. The van der Waals surface area contributed by atoms with Gasteiger partial charge in [-0.2, -0.15) is 4.98 Å². The van der Waals surface area contributed by atoms with Crippen molar-refractivity contribution in [1.82, 2.24) is 15.1 Å². The first-order valence-electron chi connectivity index (χ1n) is 8.98. The summed E-state index contributed by atoms with van der Waals surface area (Å²) in [5.74, 6) is 2.91. The van der Waals surface area contributed by atoms with Gasteiger partial charge in [0.2, 0.25) is 11.2 Å². The first-order valence-corrected chi connectivity index (χ1v) is 9.36. The lowest BCUT2D eigenvalue weighted by atomic mass is 10.1. The van der Waals surface area contributed by atoms with Crippen LogP contribution in [0.25, 0.3) is 22.2 Å². The minimum Gasteiger partial charge on any atom is -0.497 e. The molecule has 0 radical (unpaired) electrons. The van der Waals surface area contributed by atoms with Crippen LogP contribution < -0.4 is 19.1 Å². The third kappa shape index (κ3) is 3.57. The normalized spacial score (nSPS) is 10.8. The van der Waals surface area contributed by atoms with Gasteiger partial charge in [0.05, 0.1) is 26.8 Å². The quantitative estimate of drug-likeness (QED) is 0.409. The fraction of sp³-hybridized carbons (Fsp3) is 0.190. The van der Waals surface area contributed by atoms with Gasteiger partial charge >= 0.3 is 0 Å². The summed E-state index contributed by atoms with van der Waals surface area (Å²) in [5, 5.41) is 5.00. The number of ether oxygens (including phenoxy) is 3. The molecule has 0 fully saturated rings. The van der Waals surface area contributed by atoms with Gasteiger partial charge in [0.25, 0.3) is 0 Å². The number of hydrogen-bond acceptors (Lipinski definition) is 8. The lowest BCUT2D eigenvalue weighted by Gasteiger charge is -2.17. The van der Waals surface area contributed by atoms with Crippen molar-refractivity contribution in [2.75, 3.05) is 33.3 Å². The molecule has 2 aromatic heterocycles. The highest BCUT2D eigenvalue weighted by Gasteiger charge is 2.19. The standard InChI is InChI=1S/C21H19ClN4O4/c1-26(19-11-15(25-30-19)12-5-7-13(27-2)8-6-12)20-14-9-17(28-3)18(29-4)10-16(14)23-21(22)24-20/h5-11H,1-4H3. The van der Waals surface area contributed by atoms with Crippen molar-refractivity contribution >= 4 is 34.2 Å². The molecule has 30 heavy (non-hydrogen) atoms. The molecule has 0 aliphatic carbocycles. The van der Waals surface area contributed by atoms with E-state index in [1.807, 2.05) is 37.4 Å². The van der Waals surface area contributed by atoms with Crippen molar-refractivity contribution < 1.29 is 18.7 Å². The third-order valence-corrected chi connectivity index (χ3v) is 4.85. The number of halogens is 1. The van der Waals surface area contributed by atoms with E-state index < -0.39 is 0 Å². The Bertz CT molecular complexity index is 1190. The van der Waals surface area contributed by atoms with Gasteiger partial charge in [0.1, 0.15) is 17.3 Å². The highest BCUT2D eigenvalue weighted by Crippen LogP contribution is 2.37. The second kappa shape index (κ2) is 8.08. The van der Waals surface area contributed by atoms with Crippen molar-refractivity contribution in [3.05, 3.63) is 47.7 Å². The number of rotatable bonds is 6. The number of nitrogens with zero attached hydrogens (tertiary/aromatic N) is 4. The molecule has 4 rings (SSSR count). The van der Waals surface area contributed by atoms with E-state index in [0.29, 0.717) is 34.4 Å². The molecule has 0 aliphatic rings. The summed E-state index contributed by atoms with van der Waals surface area (Å²) in [5.41, 5.74) is 2.20. The van der Waals surface area contributed by atoms with Gasteiger partial charge in [0, 0.05) is 30.1 Å². The van der Waals surface area contributed by atoms with E-state index in [2.05, 4.69) is 15.1 Å². The predicted molar refractivity (Wildman–Crippen MR) is 114 cm³/mol. The Hall–Kier alpha value is -3.52. The molecule has 0 atom stereocenters. The lowest BCUT2D eigenvalue weighted by Crippen LogP contribution is -2.12. The molecule has 0 saturated heterocycles. The van der Waals surface area contributed by atoms with Crippen LogP contribution in [0.5, 0.6) is 17.2 Å². The van der Waals surface area contributed by atoms with Crippen molar-refractivity contribution in [2.24, 2.45) is 0 Å². The Kier molecular flexibility index (Phi) is 5.33. The molecule has 0 amide bonds. The van der Waals surface area contributed by atoms with Crippen LogP contribution in [-0.4, -0.2) is 43.5 Å². The lowest BCUT2D eigenvalue weighted by molar-refractivity contribution is 0.356. The van der Waals surface area contributed by atoms with Crippen LogP contribution in [0.15, 0.2) is 47.0 Å². The van der Waals surface area contributed by atoms with Crippen molar-refractivity contribution in [2.45, 2.75) is 0 Å². The molecule has 0 unspecified atom stereocenters. The summed E-state index contributed by atoms with van der Waals surface area (Å²) in [4.78, 5) is 10.4. The molecule has 0 bridgehead atoms. The summed E-state index contributed by atoms with van der Waals surface area (Å²) < 4.78 is 21.5. The van der Waals surface area contributed by atoms with Gasteiger partial charge in [-0.1, -0.05) is 5.16 Å². The molecular weight excluding hydrogens is 408 g/mol. The number of fused-ring (bicyclic) bond motifs is 1. The fourth-order valence-corrected chi connectivity index (χ4v) is 3.26. The molecule has 9 heteroatoms. The van der Waals surface area contributed by atoms with Crippen LogP contribution in [0.4, 0.5) is 11.7 Å². The Morgan fingerprint density at radius 2 is 1.60 bits per heavy atom. The highest BCUT2D eigenvalue weighted by molar-refractivity contribution is 6.28. The molecular formula is C21H19ClN4O4. The molecule has 0 N–H and O–H groups in total. The van der Waals surface area contributed by atoms with E-state index in [1.54, 1.807) is 38.4 Å². The number of aromatic nitrogens is 3. The molecule has 2 aromatic carbocycles. The van der Waals surface area contributed by atoms with Crippen LogP contribution in [0.3, 0.4) is 0 Å². The summed E-state index contributed by atoms with van der Waals surface area (Å²) >= 11 is 6.18. The monoisotopic (exact) mass is 426 g/mol. The average molecular weight is 427 g/mol. The molecule has 8 nitrogen and oxygen atoms in total. The number of benzene rings is 2. The Morgan fingerprint density at radius 1 is 0.900 bits per heavy atom. The largest absolute Gasteiger partial charge is 0.497 e. The summed E-state index contributed by atoms with van der Waals surface area (Å²) in [6.45, 7) is 0. The van der Waals surface area contributed by atoms with Crippen LogP contribution in [0.2, 0.25) is 5.28 Å². The van der Waals surface area contributed by atoms with E-state index >= 15 is 0 Å². The smallest absolute Gasteiger partial charge is 0.233 e. The fourth-order valence-electron chi connectivity index (χ4n) is 3.09. The van der Waals surface area contributed by atoms with Crippen molar-refractivity contribution in [1.29, 1.82) is 0 Å². The van der Waals surface area contributed by atoms with Gasteiger partial charge in [-0.05, 0) is 41.9 Å². The Labute approximate surface area is 177 Å².